The highest BCUT2D eigenvalue weighted by atomic mass is 19.2. The van der Waals surface area contributed by atoms with Gasteiger partial charge in [0.15, 0.2) is 11.5 Å². The van der Waals surface area contributed by atoms with Gasteiger partial charge in [-0.1, -0.05) is 65.7 Å². The number of halogens is 2. The van der Waals surface area contributed by atoms with Crippen molar-refractivity contribution in [3.8, 4) is 11.5 Å². The fourth-order valence-electron chi connectivity index (χ4n) is 6.84. The summed E-state index contributed by atoms with van der Waals surface area (Å²) in [4.78, 5) is 0. The van der Waals surface area contributed by atoms with E-state index in [9.17, 15) is 8.78 Å². The molecule has 0 unspecified atom stereocenters. The molecule has 2 saturated carbocycles. The van der Waals surface area contributed by atoms with E-state index in [0.717, 1.165) is 31.1 Å². The Morgan fingerprint density at radius 2 is 1.39 bits per heavy atom. The highest BCUT2D eigenvalue weighted by molar-refractivity contribution is 5.35. The van der Waals surface area contributed by atoms with Crippen molar-refractivity contribution in [3.05, 3.63) is 23.8 Å². The lowest BCUT2D eigenvalue weighted by Gasteiger charge is -2.51. The van der Waals surface area contributed by atoms with Gasteiger partial charge in [0.05, 0.1) is 13.2 Å². The second kappa shape index (κ2) is 13.0. The second-order valence-electron chi connectivity index (χ2n) is 10.6. The maximum absolute atomic E-state index is 14.5. The van der Waals surface area contributed by atoms with Crippen LogP contribution in [0.2, 0.25) is 0 Å². The van der Waals surface area contributed by atoms with Crippen LogP contribution in [0.25, 0.3) is 0 Å². The van der Waals surface area contributed by atoms with Gasteiger partial charge in [0.25, 0.3) is 0 Å². The molecule has 188 valence electrons. The van der Waals surface area contributed by atoms with Gasteiger partial charge in [0, 0.05) is 0 Å². The largest absolute Gasteiger partial charge is 0.490 e. The maximum atomic E-state index is 14.5. The monoisotopic (exact) mass is 464 g/mol. The van der Waals surface area contributed by atoms with Crippen molar-refractivity contribution in [1.82, 2.24) is 0 Å². The average Bonchev–Trinajstić information content (AvgIpc) is 2.85. The molecule has 0 radical (unpaired) electrons. The normalized spacial score (nSPS) is 23.0. The molecule has 0 spiro atoms. The standard InChI is InChI=1S/C29H46F2O2/c1-4-10-23(11-5-2)29(18-8-7-9-19-29)24-14-12-22(13-15-24)21-33-26-17-16-25(32-20-6-3)27(30)28(26)31/h16-17,22-24H,4-15,18-21H2,1-3H3. The van der Waals surface area contributed by atoms with Crippen LogP contribution < -0.4 is 9.47 Å². The SMILES string of the molecule is CCCOc1ccc(OCC2CCC(C3(C(CCC)CCC)CCCCC3)CC2)c(F)c1F. The first kappa shape index (κ1) is 26.3. The first-order chi connectivity index (χ1) is 16.1. The predicted octanol–water partition coefficient (Wildman–Crippen LogP) is 9.11. The second-order valence-corrected chi connectivity index (χ2v) is 10.6. The maximum Gasteiger partial charge on any atom is 0.204 e. The molecule has 0 saturated heterocycles. The van der Waals surface area contributed by atoms with E-state index in [-0.39, 0.29) is 11.5 Å². The van der Waals surface area contributed by atoms with E-state index < -0.39 is 11.6 Å². The summed E-state index contributed by atoms with van der Waals surface area (Å²) >= 11 is 0. The Balaban J connectivity index is 1.58. The summed E-state index contributed by atoms with van der Waals surface area (Å²) in [6, 6.07) is 2.99. The molecular weight excluding hydrogens is 418 g/mol. The highest BCUT2D eigenvalue weighted by Crippen LogP contribution is 2.55. The lowest BCUT2D eigenvalue weighted by molar-refractivity contribution is -0.0149. The van der Waals surface area contributed by atoms with Crippen molar-refractivity contribution in [2.24, 2.45) is 23.2 Å². The Bertz CT molecular complexity index is 700. The van der Waals surface area contributed by atoms with Crippen molar-refractivity contribution < 1.29 is 18.3 Å². The van der Waals surface area contributed by atoms with Crippen molar-refractivity contribution >= 4 is 0 Å². The van der Waals surface area contributed by atoms with E-state index in [4.69, 9.17) is 9.47 Å². The summed E-state index contributed by atoms with van der Waals surface area (Å²) in [7, 11) is 0. The van der Waals surface area contributed by atoms with Gasteiger partial charge in [-0.25, -0.2) is 0 Å². The van der Waals surface area contributed by atoms with Crippen LogP contribution in [0.3, 0.4) is 0 Å². The Morgan fingerprint density at radius 1 is 0.818 bits per heavy atom. The topological polar surface area (TPSA) is 18.5 Å². The van der Waals surface area contributed by atoms with Crippen LogP contribution >= 0.6 is 0 Å². The minimum atomic E-state index is -0.943. The van der Waals surface area contributed by atoms with E-state index >= 15 is 0 Å². The Labute approximate surface area is 200 Å². The van der Waals surface area contributed by atoms with Crippen LogP contribution in [-0.4, -0.2) is 13.2 Å². The zero-order chi connectivity index (χ0) is 23.7. The molecule has 0 heterocycles. The molecule has 1 aromatic carbocycles. The Hall–Kier alpha value is -1.32. The van der Waals surface area contributed by atoms with Crippen molar-refractivity contribution in [3.63, 3.8) is 0 Å². The summed E-state index contributed by atoms with van der Waals surface area (Å²) in [6.45, 7) is 7.47. The molecule has 2 aliphatic carbocycles. The van der Waals surface area contributed by atoms with E-state index in [1.54, 1.807) is 0 Å². The zero-order valence-corrected chi connectivity index (χ0v) is 21.3. The molecule has 2 nitrogen and oxygen atoms in total. The van der Waals surface area contributed by atoms with Crippen molar-refractivity contribution in [1.29, 1.82) is 0 Å². The Kier molecular flexibility index (Phi) is 10.3. The van der Waals surface area contributed by atoms with Crippen LogP contribution in [0.15, 0.2) is 12.1 Å². The van der Waals surface area contributed by atoms with Gasteiger partial charge in [0.2, 0.25) is 11.6 Å². The minimum absolute atomic E-state index is 0.00757. The third kappa shape index (κ3) is 6.42. The van der Waals surface area contributed by atoms with Gasteiger partial charge in [-0.15, -0.1) is 0 Å². The van der Waals surface area contributed by atoms with Gasteiger partial charge in [-0.3, -0.25) is 0 Å². The molecule has 33 heavy (non-hydrogen) atoms. The van der Waals surface area contributed by atoms with Crippen molar-refractivity contribution in [2.45, 2.75) is 111 Å². The van der Waals surface area contributed by atoms with E-state index in [2.05, 4.69) is 13.8 Å². The fourth-order valence-corrected chi connectivity index (χ4v) is 6.84. The van der Waals surface area contributed by atoms with Crippen LogP contribution in [0, 0.1) is 34.8 Å². The first-order valence-electron chi connectivity index (χ1n) is 13.8. The summed E-state index contributed by atoms with van der Waals surface area (Å²) in [5.41, 5.74) is 0.541. The first-order valence-corrected chi connectivity index (χ1v) is 13.8. The summed E-state index contributed by atoms with van der Waals surface area (Å²) < 4.78 is 39.8. The molecule has 0 atom stereocenters. The molecule has 0 amide bonds. The molecule has 0 bridgehead atoms. The van der Waals surface area contributed by atoms with Gasteiger partial charge in [0.1, 0.15) is 0 Å². The lowest BCUT2D eigenvalue weighted by Crippen LogP contribution is -2.42. The number of benzene rings is 1. The van der Waals surface area contributed by atoms with E-state index in [0.29, 0.717) is 24.5 Å². The van der Waals surface area contributed by atoms with Gasteiger partial charge in [-0.2, -0.15) is 8.78 Å². The number of ether oxygens (including phenoxy) is 2. The molecule has 3 rings (SSSR count). The summed E-state index contributed by atoms with van der Waals surface area (Å²) in [5, 5.41) is 0. The van der Waals surface area contributed by atoms with E-state index in [1.165, 1.54) is 82.8 Å². The number of hydrogen-bond acceptors (Lipinski definition) is 2. The third-order valence-corrected chi connectivity index (χ3v) is 8.48. The number of hydrogen-bond donors (Lipinski definition) is 0. The highest BCUT2D eigenvalue weighted by Gasteiger charge is 2.45. The summed E-state index contributed by atoms with van der Waals surface area (Å²) in [5.74, 6) is 0.220. The molecular formula is C29H46F2O2. The quantitative estimate of drug-likeness (QED) is 0.307. The fraction of sp³-hybridized carbons (Fsp3) is 0.793. The van der Waals surface area contributed by atoms with Gasteiger partial charge < -0.3 is 9.47 Å². The zero-order valence-electron chi connectivity index (χ0n) is 21.3. The van der Waals surface area contributed by atoms with Crippen LogP contribution in [0.1, 0.15) is 111 Å². The van der Waals surface area contributed by atoms with Crippen LogP contribution in [-0.2, 0) is 0 Å². The lowest BCUT2D eigenvalue weighted by atomic mass is 9.54. The van der Waals surface area contributed by atoms with E-state index in [1.807, 2.05) is 6.92 Å². The molecule has 2 aliphatic rings. The molecule has 0 N–H and O–H groups in total. The average molecular weight is 465 g/mol. The van der Waals surface area contributed by atoms with Crippen LogP contribution in [0.5, 0.6) is 11.5 Å². The molecule has 2 fully saturated rings. The van der Waals surface area contributed by atoms with Gasteiger partial charge >= 0.3 is 0 Å². The predicted molar refractivity (Wildman–Crippen MR) is 132 cm³/mol. The molecule has 0 aliphatic heterocycles. The van der Waals surface area contributed by atoms with Crippen LogP contribution in [0.4, 0.5) is 8.78 Å². The Morgan fingerprint density at radius 3 is 1.94 bits per heavy atom. The molecule has 0 aromatic heterocycles. The third-order valence-electron chi connectivity index (χ3n) is 8.48. The van der Waals surface area contributed by atoms with Gasteiger partial charge in [-0.05, 0) is 80.2 Å². The molecule has 1 aromatic rings. The minimum Gasteiger partial charge on any atom is -0.490 e. The smallest absolute Gasteiger partial charge is 0.204 e. The number of rotatable bonds is 12. The molecule has 4 heteroatoms. The summed E-state index contributed by atoms with van der Waals surface area (Å²) in [6.07, 6.45) is 17.9. The van der Waals surface area contributed by atoms with Crippen molar-refractivity contribution in [2.75, 3.05) is 13.2 Å².